The largest absolute Gasteiger partial charge is 0.398 e. The van der Waals surface area contributed by atoms with E-state index in [-0.39, 0.29) is 0 Å². The van der Waals surface area contributed by atoms with Gasteiger partial charge in [0.2, 0.25) is 0 Å². The van der Waals surface area contributed by atoms with Gasteiger partial charge in [0.15, 0.2) is 0 Å². The summed E-state index contributed by atoms with van der Waals surface area (Å²) in [6.45, 7) is 6.19. The number of hydrogen-bond donors (Lipinski definition) is 1. The fraction of sp³-hybridized carbons (Fsp3) is 0.417. The van der Waals surface area contributed by atoms with Gasteiger partial charge in [-0.05, 0) is 48.7 Å². The molecule has 0 aliphatic heterocycles. The van der Waals surface area contributed by atoms with E-state index in [1.807, 2.05) is 6.92 Å². The first-order chi connectivity index (χ1) is 7.15. The summed E-state index contributed by atoms with van der Waals surface area (Å²) in [6.07, 6.45) is 1.88. The van der Waals surface area contributed by atoms with E-state index in [1.54, 1.807) is 0 Å². The number of benzene rings is 1. The summed E-state index contributed by atoms with van der Waals surface area (Å²) in [4.78, 5) is 4.10. The number of rotatable bonds is 3. The third-order valence-electron chi connectivity index (χ3n) is 2.68. The van der Waals surface area contributed by atoms with Crippen LogP contribution in [0.15, 0.2) is 11.1 Å². The van der Waals surface area contributed by atoms with Crippen molar-refractivity contribution in [3.8, 4) is 0 Å². The zero-order valence-corrected chi connectivity index (χ0v) is 10.2. The molecule has 15 heavy (non-hydrogen) atoms. The van der Waals surface area contributed by atoms with Gasteiger partial charge in [0.1, 0.15) is 0 Å². The molecule has 1 rings (SSSR count). The normalized spacial score (nSPS) is 9.80. The number of nitrogen functional groups attached to an aromatic ring is 1. The highest BCUT2D eigenvalue weighted by molar-refractivity contribution is 7.78. The van der Waals surface area contributed by atoms with Crippen molar-refractivity contribution in [3.63, 3.8) is 0 Å². The molecule has 80 valence electrons. The number of nitrogens with zero attached hydrogens (tertiary/aromatic N) is 1. The van der Waals surface area contributed by atoms with Crippen molar-refractivity contribution in [3.05, 3.63) is 22.8 Å². The number of aliphatic imine (C=N–C) groups is 1. The van der Waals surface area contributed by atoms with E-state index in [0.29, 0.717) is 0 Å². The zero-order valence-electron chi connectivity index (χ0n) is 9.42. The van der Waals surface area contributed by atoms with Crippen molar-refractivity contribution in [2.24, 2.45) is 4.99 Å². The van der Waals surface area contributed by atoms with Gasteiger partial charge in [-0.1, -0.05) is 19.9 Å². The minimum absolute atomic E-state index is 0.832. The summed E-state index contributed by atoms with van der Waals surface area (Å²) in [5.41, 5.74) is 11.1. The van der Waals surface area contributed by atoms with Crippen molar-refractivity contribution in [1.82, 2.24) is 0 Å². The van der Waals surface area contributed by atoms with Crippen molar-refractivity contribution in [2.45, 2.75) is 33.6 Å². The van der Waals surface area contributed by atoms with Gasteiger partial charge >= 0.3 is 0 Å². The number of thiocarbonyl (C=S) groups is 1. The van der Waals surface area contributed by atoms with Crippen LogP contribution < -0.4 is 5.73 Å². The molecule has 0 unspecified atom stereocenters. The summed E-state index contributed by atoms with van der Waals surface area (Å²) in [6, 6.07) is 2.12. The van der Waals surface area contributed by atoms with Crippen LogP contribution in [0.1, 0.15) is 30.5 Å². The molecular formula is C12H16N2S. The molecule has 0 fully saturated rings. The maximum atomic E-state index is 6.03. The number of anilines is 1. The van der Waals surface area contributed by atoms with Crippen LogP contribution in [0.2, 0.25) is 0 Å². The number of aryl methyl sites for hydroxylation is 2. The van der Waals surface area contributed by atoms with Crippen LogP contribution in [0.3, 0.4) is 0 Å². The highest BCUT2D eigenvalue weighted by atomic mass is 32.1. The molecule has 0 spiro atoms. The Labute approximate surface area is 96.2 Å². The molecular weight excluding hydrogens is 204 g/mol. The van der Waals surface area contributed by atoms with E-state index in [2.05, 4.69) is 42.3 Å². The van der Waals surface area contributed by atoms with Crippen molar-refractivity contribution >= 4 is 28.8 Å². The fourth-order valence-electron chi connectivity index (χ4n) is 1.73. The Morgan fingerprint density at radius 2 is 1.93 bits per heavy atom. The van der Waals surface area contributed by atoms with E-state index in [4.69, 9.17) is 5.73 Å². The summed E-state index contributed by atoms with van der Waals surface area (Å²) in [5, 5.41) is 2.42. The average Bonchev–Trinajstić information content (AvgIpc) is 2.25. The molecule has 0 aliphatic rings. The van der Waals surface area contributed by atoms with Gasteiger partial charge in [-0.15, -0.1) is 0 Å². The van der Waals surface area contributed by atoms with E-state index in [0.717, 1.165) is 29.8 Å². The average molecular weight is 220 g/mol. The smallest absolute Gasteiger partial charge is 0.0821 e. The molecule has 0 aromatic heterocycles. The van der Waals surface area contributed by atoms with Crippen LogP contribution in [-0.2, 0) is 12.8 Å². The number of hydrogen-bond acceptors (Lipinski definition) is 3. The van der Waals surface area contributed by atoms with Gasteiger partial charge < -0.3 is 5.73 Å². The van der Waals surface area contributed by atoms with Gasteiger partial charge in [-0.2, -0.15) is 4.99 Å². The Bertz CT molecular complexity index is 418. The lowest BCUT2D eigenvalue weighted by Gasteiger charge is -2.13. The maximum absolute atomic E-state index is 6.03. The Kier molecular flexibility index (Phi) is 4.01. The Hall–Kier alpha value is -1.18. The Morgan fingerprint density at radius 3 is 2.40 bits per heavy atom. The SMILES string of the molecule is CCc1cc(CC)c(N=C=S)c(C)c1N. The van der Waals surface area contributed by atoms with Crippen LogP contribution >= 0.6 is 12.2 Å². The van der Waals surface area contributed by atoms with Crippen LogP contribution in [0, 0.1) is 6.92 Å². The molecule has 2 N–H and O–H groups in total. The third-order valence-corrected chi connectivity index (χ3v) is 2.77. The number of isothiocyanates is 1. The molecule has 3 heteroatoms. The van der Waals surface area contributed by atoms with Gasteiger partial charge in [0.25, 0.3) is 0 Å². The summed E-state index contributed by atoms with van der Waals surface area (Å²) < 4.78 is 0. The van der Waals surface area contributed by atoms with Crippen LogP contribution in [0.5, 0.6) is 0 Å². The van der Waals surface area contributed by atoms with Gasteiger partial charge in [-0.3, -0.25) is 0 Å². The van der Waals surface area contributed by atoms with Gasteiger partial charge in [-0.25, -0.2) is 0 Å². The fourth-order valence-corrected chi connectivity index (χ4v) is 1.82. The van der Waals surface area contributed by atoms with Crippen LogP contribution in [0.25, 0.3) is 0 Å². The molecule has 0 saturated heterocycles. The zero-order chi connectivity index (χ0) is 11.4. The predicted octanol–water partition coefficient (Wildman–Crippen LogP) is 3.44. The second kappa shape index (κ2) is 5.06. The minimum atomic E-state index is 0.832. The molecule has 0 heterocycles. The first-order valence-corrected chi connectivity index (χ1v) is 5.55. The lowest BCUT2D eigenvalue weighted by atomic mass is 9.98. The molecule has 2 nitrogen and oxygen atoms in total. The lowest BCUT2D eigenvalue weighted by Crippen LogP contribution is -1.99. The predicted molar refractivity (Wildman–Crippen MR) is 69.0 cm³/mol. The quantitative estimate of drug-likeness (QED) is 0.481. The molecule has 0 atom stereocenters. The summed E-state index contributed by atoms with van der Waals surface area (Å²) in [5.74, 6) is 0. The summed E-state index contributed by atoms with van der Waals surface area (Å²) >= 11 is 4.65. The van der Waals surface area contributed by atoms with Gasteiger partial charge in [0.05, 0.1) is 10.8 Å². The second-order valence-electron chi connectivity index (χ2n) is 3.49. The molecule has 0 bridgehead atoms. The second-order valence-corrected chi connectivity index (χ2v) is 3.67. The van der Waals surface area contributed by atoms with Crippen LogP contribution in [-0.4, -0.2) is 5.16 Å². The molecule has 0 aliphatic carbocycles. The Morgan fingerprint density at radius 1 is 1.33 bits per heavy atom. The lowest BCUT2D eigenvalue weighted by molar-refractivity contribution is 1.08. The molecule has 1 aromatic rings. The highest BCUT2D eigenvalue weighted by Crippen LogP contribution is 2.32. The molecule has 1 aromatic carbocycles. The van der Waals surface area contributed by atoms with E-state index in [1.165, 1.54) is 11.1 Å². The first-order valence-electron chi connectivity index (χ1n) is 5.14. The first kappa shape index (κ1) is 11.9. The van der Waals surface area contributed by atoms with E-state index >= 15 is 0 Å². The van der Waals surface area contributed by atoms with Crippen molar-refractivity contribution < 1.29 is 0 Å². The molecule has 0 saturated carbocycles. The molecule has 0 amide bonds. The monoisotopic (exact) mass is 220 g/mol. The van der Waals surface area contributed by atoms with Crippen molar-refractivity contribution in [2.75, 3.05) is 5.73 Å². The summed E-state index contributed by atoms with van der Waals surface area (Å²) in [7, 11) is 0. The van der Waals surface area contributed by atoms with Gasteiger partial charge in [0, 0.05) is 5.69 Å². The maximum Gasteiger partial charge on any atom is 0.0821 e. The minimum Gasteiger partial charge on any atom is -0.398 e. The highest BCUT2D eigenvalue weighted by Gasteiger charge is 2.10. The Balaban J connectivity index is 3.50. The van der Waals surface area contributed by atoms with E-state index < -0.39 is 0 Å². The topological polar surface area (TPSA) is 38.4 Å². The van der Waals surface area contributed by atoms with E-state index in [9.17, 15) is 0 Å². The standard InChI is InChI=1S/C12H16N2S/c1-4-9-6-10(5-2)12(14-7-15)8(3)11(9)13/h6H,4-5,13H2,1-3H3. The van der Waals surface area contributed by atoms with Crippen LogP contribution in [0.4, 0.5) is 11.4 Å². The number of nitrogens with two attached hydrogens (primary N) is 1. The third kappa shape index (κ3) is 2.25. The van der Waals surface area contributed by atoms with Crippen molar-refractivity contribution in [1.29, 1.82) is 0 Å². The molecule has 0 radical (unpaired) electrons.